The van der Waals surface area contributed by atoms with Crippen LogP contribution in [0.25, 0.3) is 199 Å². The quantitative estimate of drug-likeness (QED) is 0.0394. The van der Waals surface area contributed by atoms with Gasteiger partial charge in [-0.1, -0.05) is 194 Å². The molecule has 0 saturated heterocycles. The fourth-order valence-corrected chi connectivity index (χ4v) is 19.0. The average Bonchev–Trinajstić information content (AvgIpc) is 1.60. The van der Waals surface area contributed by atoms with Crippen molar-refractivity contribution in [1.29, 1.82) is 0 Å². The first-order chi connectivity index (χ1) is 69.7. The van der Waals surface area contributed by atoms with Crippen LogP contribution in [0.15, 0.2) is 347 Å². The second-order valence-corrected chi connectivity index (χ2v) is 35.7. The number of aromatic amines is 4. The van der Waals surface area contributed by atoms with Crippen molar-refractivity contribution in [3.05, 3.63) is 386 Å². The summed E-state index contributed by atoms with van der Waals surface area (Å²) in [6.07, 6.45) is 16.0. The third-order valence-electron chi connectivity index (χ3n) is 26.0. The lowest BCUT2D eigenvalue weighted by Gasteiger charge is -2.09. The number of aromatic nitrogens is 18. The van der Waals surface area contributed by atoms with Crippen LogP contribution in [0.2, 0.25) is 0 Å². The van der Waals surface area contributed by atoms with E-state index in [-0.39, 0.29) is 6.61 Å². The summed E-state index contributed by atoms with van der Waals surface area (Å²) >= 11 is 0. The molecule has 0 aliphatic rings. The van der Waals surface area contributed by atoms with E-state index in [9.17, 15) is 9.90 Å². The minimum absolute atomic E-state index is 0.0769. The van der Waals surface area contributed by atoms with Crippen LogP contribution in [0, 0.1) is 0 Å². The molecule has 142 heavy (non-hydrogen) atoms. The fraction of sp³-hybridized carbons (Fsp3) is 0.111. The fourth-order valence-electron chi connectivity index (χ4n) is 19.0. The number of methoxy groups -OCH3 is 3. The summed E-state index contributed by atoms with van der Waals surface area (Å²) in [6.45, 7) is 3.36. The monoisotopic (exact) mass is 1860 g/mol. The van der Waals surface area contributed by atoms with E-state index in [0.29, 0.717) is 31.2 Å². The molecule has 25 rings (SSSR count). The van der Waals surface area contributed by atoms with E-state index in [2.05, 4.69) is 275 Å². The zero-order valence-electron chi connectivity index (χ0n) is 79.0. The van der Waals surface area contributed by atoms with Gasteiger partial charge in [-0.05, 0) is 203 Å². The highest BCUT2D eigenvalue weighted by Crippen LogP contribution is 2.41. The number of imidazole rings is 3. The number of nitrogens with zero attached hydrogens (tertiary/aromatic N) is 16. The summed E-state index contributed by atoms with van der Waals surface area (Å²) < 4.78 is 21.8. The van der Waals surface area contributed by atoms with Gasteiger partial charge in [-0.2, -0.15) is 20.4 Å². The van der Waals surface area contributed by atoms with Crippen molar-refractivity contribution < 1.29 is 24.1 Å². The third-order valence-corrected chi connectivity index (χ3v) is 26.0. The van der Waals surface area contributed by atoms with E-state index in [1.807, 2.05) is 174 Å². The topological polar surface area (TPSA) is 291 Å². The van der Waals surface area contributed by atoms with Gasteiger partial charge in [-0.25, -0.2) is 15.0 Å². The molecule has 0 bridgehead atoms. The van der Waals surface area contributed by atoms with Gasteiger partial charge in [0.15, 0.2) is 23.8 Å². The number of pyridine rings is 4. The van der Waals surface area contributed by atoms with Gasteiger partial charge in [-0.3, -0.25) is 43.9 Å². The van der Waals surface area contributed by atoms with Crippen LogP contribution in [0.3, 0.4) is 0 Å². The van der Waals surface area contributed by atoms with Gasteiger partial charge < -0.3 is 44.1 Å². The molecule has 694 valence electrons. The molecule has 25 aromatic rings. The Hall–Kier alpha value is -18.0. The SMILES string of the molecule is CN(C)Cc1cccc2[nH]c(-c3n[nH]c4ccc(-c5cncc6ccccc56)cc34)nc12.COc1ccc(Cn2nc(-c3nc4c(CN(C)C)cccc4[nH]3)c3cc(-c4cncc5ccccc45)ccc32)cc1.COc1ccc(Cn2nc(-c3nc4c(CO)cccc4[nH]3)c3cc(-c4cncc5ccccc45)ccc32)cc1.COc1ccc(Cn2nc(C=O)c3cc(-c4cncc5ccccc45)ccc32)cc1. The molecule has 0 fully saturated rings. The molecule has 0 aliphatic carbocycles. The van der Waals surface area contributed by atoms with Crippen molar-refractivity contribution in [3.8, 4) is 96.3 Å². The van der Waals surface area contributed by atoms with E-state index in [4.69, 9.17) is 39.4 Å². The number of aliphatic hydroxyl groups is 1. The number of ether oxygens (including phenoxy) is 3. The minimum atomic E-state index is -0.0769. The number of carbonyl (C=O) groups is 1. The number of hydrogen-bond acceptors (Lipinski definition) is 18. The van der Waals surface area contributed by atoms with Crippen LogP contribution in [0.5, 0.6) is 17.2 Å². The van der Waals surface area contributed by atoms with Gasteiger partial charge in [0.1, 0.15) is 40.0 Å². The number of H-pyrrole nitrogens is 4. The molecule has 0 aliphatic heterocycles. The first kappa shape index (κ1) is 89.2. The van der Waals surface area contributed by atoms with E-state index in [1.165, 1.54) is 21.9 Å². The molecule has 0 unspecified atom stereocenters. The van der Waals surface area contributed by atoms with Crippen LogP contribution >= 0.6 is 0 Å². The van der Waals surface area contributed by atoms with Crippen LogP contribution in [-0.2, 0) is 39.3 Å². The maximum absolute atomic E-state index is 11.7. The number of rotatable bonds is 22. The van der Waals surface area contributed by atoms with Gasteiger partial charge in [-0.15, -0.1) is 0 Å². The molecule has 11 aromatic heterocycles. The summed E-state index contributed by atoms with van der Waals surface area (Å²) in [7, 11) is 13.3. The Bertz CT molecular complexity index is 9000. The molecular formula is C117H96N20O5. The first-order valence-electron chi connectivity index (χ1n) is 46.7. The maximum Gasteiger partial charge on any atom is 0.170 e. The Morgan fingerprint density at radius 3 is 1.02 bits per heavy atom. The molecule has 25 heteroatoms. The zero-order chi connectivity index (χ0) is 96.4. The largest absolute Gasteiger partial charge is 0.497 e. The number of aliphatic hydroxyl groups excluding tert-OH is 1. The molecule has 5 N–H and O–H groups in total. The lowest BCUT2D eigenvalue weighted by Crippen LogP contribution is -2.10. The van der Waals surface area contributed by atoms with Gasteiger partial charge >= 0.3 is 0 Å². The van der Waals surface area contributed by atoms with Crippen LogP contribution in [0.4, 0.5) is 0 Å². The molecule has 0 amide bonds. The number of nitrogens with one attached hydrogen (secondary N) is 4. The van der Waals surface area contributed by atoms with Crippen molar-refractivity contribution in [2.75, 3.05) is 49.5 Å². The van der Waals surface area contributed by atoms with Crippen molar-refractivity contribution >= 4 is 126 Å². The van der Waals surface area contributed by atoms with Gasteiger partial charge in [0, 0.05) is 134 Å². The predicted molar refractivity (Wildman–Crippen MR) is 566 cm³/mol. The second kappa shape index (κ2) is 38.9. The Morgan fingerprint density at radius 1 is 0.324 bits per heavy atom. The summed E-state index contributed by atoms with van der Waals surface area (Å²) in [4.78, 5) is 59.3. The number of para-hydroxylation sites is 3. The molecule has 0 atom stereocenters. The van der Waals surface area contributed by atoms with Crippen molar-refractivity contribution in [2.24, 2.45) is 0 Å². The standard InChI is InChI=1S/C34H30N6O.C32H25N5O2.C26H22N6.C25H19N3O2/c1-39(2)21-25-8-6-10-30-32(25)37-34(36-30)33-28-17-23(29-19-35-18-24-7-4-5-9-27(24)29)13-16-31(28)40(38-33)20-22-11-14-26(41-3)15-12-22;1-39-24-12-9-20(10-13-24)18-37-29-14-11-21(27-17-33-16-22-5-2-3-7-25(22)27)15-26(29)31(36-37)32-34-28-8-4-6-23(19-38)30(28)35-32;1-32(2)15-18-7-5-9-23-24(18)29-26(28-23)25-20-12-16(10-11-22(20)30-31-25)21-14-27-13-17-6-3-4-8-19(17)21;1-30-20-9-6-17(7-10-20)15-28-25-11-8-18(12-22(25)24(16-29)27-28)23-14-26-13-19-4-2-3-5-21(19)23/h4-19H,20-21H2,1-3H3,(H,36,37);2-17,38H,18-19H2,1H3,(H,34,35);3-14H,15H2,1-2H3,(H,28,29)(H,30,31);2-14,16H,15H2,1H3. The molecule has 11 heterocycles. The van der Waals surface area contributed by atoms with E-state index in [0.717, 1.165) is 241 Å². The van der Waals surface area contributed by atoms with Crippen molar-refractivity contribution in [1.82, 2.24) is 99.2 Å². The highest BCUT2D eigenvalue weighted by atomic mass is 16.5. The molecule has 0 radical (unpaired) electrons. The number of fused-ring (bicyclic) bond motifs is 11. The Morgan fingerprint density at radius 2 is 0.655 bits per heavy atom. The van der Waals surface area contributed by atoms with Crippen molar-refractivity contribution in [2.45, 2.75) is 39.3 Å². The lowest BCUT2D eigenvalue weighted by molar-refractivity contribution is 0.111. The third kappa shape index (κ3) is 17.8. The van der Waals surface area contributed by atoms with Gasteiger partial charge in [0.05, 0.1) is 103 Å². The Labute approximate surface area is 815 Å². The number of hydrogen-bond donors (Lipinski definition) is 5. The summed E-state index contributed by atoms with van der Waals surface area (Å²) in [6, 6.07) is 101. The number of aldehydes is 1. The van der Waals surface area contributed by atoms with E-state index >= 15 is 0 Å². The average molecular weight is 1860 g/mol. The summed E-state index contributed by atoms with van der Waals surface area (Å²) in [5.41, 5.74) is 27.5. The van der Waals surface area contributed by atoms with Gasteiger partial charge in [0.2, 0.25) is 0 Å². The van der Waals surface area contributed by atoms with Crippen LogP contribution in [0.1, 0.15) is 43.9 Å². The Kier molecular flexibility index (Phi) is 24.4. The predicted octanol–water partition coefficient (Wildman–Crippen LogP) is 23.8. The molecule has 25 nitrogen and oxygen atoms in total. The zero-order valence-corrected chi connectivity index (χ0v) is 79.0. The van der Waals surface area contributed by atoms with Crippen molar-refractivity contribution in [3.63, 3.8) is 0 Å². The molecule has 0 saturated carbocycles. The minimum Gasteiger partial charge on any atom is -0.497 e. The number of benzene rings is 14. The number of carbonyl (C=O) groups excluding carboxylic acids is 1. The van der Waals surface area contributed by atoms with Crippen LogP contribution < -0.4 is 14.2 Å². The lowest BCUT2D eigenvalue weighted by atomic mass is 9.99. The first-order valence-corrected chi connectivity index (χ1v) is 46.7. The van der Waals surface area contributed by atoms with E-state index in [1.54, 1.807) is 21.3 Å². The molecule has 0 spiro atoms. The molecular weight excluding hydrogens is 1770 g/mol. The highest BCUT2D eigenvalue weighted by Gasteiger charge is 2.25. The summed E-state index contributed by atoms with van der Waals surface area (Å²) in [5.74, 6) is 4.66. The van der Waals surface area contributed by atoms with Crippen LogP contribution in [-0.4, -0.2) is 160 Å². The van der Waals surface area contributed by atoms with E-state index < -0.39 is 0 Å². The van der Waals surface area contributed by atoms with Gasteiger partial charge in [0.25, 0.3) is 0 Å². The summed E-state index contributed by atoms with van der Waals surface area (Å²) in [5, 5.41) is 45.3. The normalized spacial score (nSPS) is 11.6. The Balaban J connectivity index is 0.000000109. The molecule has 14 aromatic carbocycles. The second-order valence-electron chi connectivity index (χ2n) is 35.7. The highest BCUT2D eigenvalue weighted by molar-refractivity contribution is 6.06. The smallest absolute Gasteiger partial charge is 0.170 e. The maximum atomic E-state index is 11.7.